The first kappa shape index (κ1) is 48.1. The van der Waals surface area contributed by atoms with Crippen LogP contribution in [0, 0.1) is 144 Å². The van der Waals surface area contributed by atoms with Gasteiger partial charge in [0.25, 0.3) is 0 Å². The molecule has 0 bridgehead atoms. The average Bonchev–Trinajstić information content (AvgIpc) is 3.23. The summed E-state index contributed by atoms with van der Waals surface area (Å²) in [4.78, 5) is 0. The van der Waals surface area contributed by atoms with E-state index in [1.807, 2.05) is 68.1 Å². The van der Waals surface area contributed by atoms with Crippen LogP contribution in [0.2, 0.25) is 0 Å². The number of aromatic nitrogens is 1. The van der Waals surface area contributed by atoms with Crippen LogP contribution in [0.5, 0.6) is 0 Å². The first-order valence-corrected chi connectivity index (χ1v) is 16.4. The first-order valence-electron chi connectivity index (χ1n) is 16.4. The normalized spacial score (nSPS) is 11.5. The van der Waals surface area contributed by atoms with Gasteiger partial charge in [-0.05, 0) is 5.41 Å². The topological polar surface area (TPSA) is 51.5 Å². The first-order chi connectivity index (χ1) is 28.7. The molecule has 1 heterocycles. The Morgan fingerprint density at radius 2 is 0.613 bits per heavy atom. The monoisotopic (exact) mass is 905 g/mol. The van der Waals surface area contributed by atoms with Crippen LogP contribution in [0.25, 0.3) is 0 Å². The molecule has 5 aromatic rings. The van der Waals surface area contributed by atoms with E-state index < -0.39 is 144 Å². The van der Waals surface area contributed by atoms with Crippen molar-refractivity contribution in [1.29, 1.82) is 10.5 Å². The van der Waals surface area contributed by atoms with Gasteiger partial charge in [0.05, 0.1) is 0 Å². The van der Waals surface area contributed by atoms with Crippen LogP contribution in [0.1, 0.15) is 20.8 Å². The maximum atomic E-state index is 15.4. The molecular formula is C38H16BF20N3. The molecule has 24 heteroatoms. The van der Waals surface area contributed by atoms with Crippen molar-refractivity contribution in [3.8, 4) is 12.1 Å². The van der Waals surface area contributed by atoms with Crippen LogP contribution >= 0.6 is 0 Å². The molecule has 1 aromatic heterocycles. The summed E-state index contributed by atoms with van der Waals surface area (Å²) in [5.74, 6) is -71.4. The molecule has 326 valence electrons. The number of benzene rings is 4. The van der Waals surface area contributed by atoms with E-state index in [9.17, 15) is 52.7 Å². The summed E-state index contributed by atoms with van der Waals surface area (Å²) in [6.45, 7) is 6.61. The summed E-state index contributed by atoms with van der Waals surface area (Å²) in [6, 6.07) is 9.76. The van der Waals surface area contributed by atoms with Gasteiger partial charge in [-0.2, -0.15) is 10.5 Å². The molecule has 0 aliphatic carbocycles. The predicted molar refractivity (Wildman–Crippen MR) is 174 cm³/mol. The largest absolute Gasteiger partial charge is 0.207 e. The number of nitriles is 2. The highest BCUT2D eigenvalue weighted by Gasteiger charge is 2.52. The maximum Gasteiger partial charge on any atom is 0.200 e. The van der Waals surface area contributed by atoms with Crippen molar-refractivity contribution in [3.63, 3.8) is 0 Å². The molecule has 0 N–H and O–H groups in total. The second kappa shape index (κ2) is 17.4. The van der Waals surface area contributed by atoms with Gasteiger partial charge in [0, 0.05) is 17.7 Å². The van der Waals surface area contributed by atoms with E-state index in [-0.39, 0.29) is 11.0 Å². The Morgan fingerprint density at radius 1 is 0.403 bits per heavy atom. The Kier molecular flexibility index (Phi) is 13.5. The summed E-state index contributed by atoms with van der Waals surface area (Å²) in [5, 5.41) is 18.0. The zero-order valence-electron chi connectivity index (χ0n) is 30.6. The second-order valence-electron chi connectivity index (χ2n) is 13.7. The van der Waals surface area contributed by atoms with Crippen molar-refractivity contribution in [2.45, 2.75) is 27.3 Å². The number of rotatable bonds is 6. The van der Waals surface area contributed by atoms with E-state index in [2.05, 4.69) is 0 Å². The predicted octanol–water partition coefficient (Wildman–Crippen LogP) is 8.21. The number of hydrogen-bond donors (Lipinski definition) is 0. The van der Waals surface area contributed by atoms with Gasteiger partial charge < -0.3 is 0 Å². The molecule has 0 radical (unpaired) electrons. The van der Waals surface area contributed by atoms with E-state index in [1.165, 1.54) is 0 Å². The Morgan fingerprint density at radius 3 is 0.806 bits per heavy atom. The third kappa shape index (κ3) is 7.55. The van der Waals surface area contributed by atoms with Crippen molar-refractivity contribution < 1.29 is 92.4 Å². The van der Waals surface area contributed by atoms with Gasteiger partial charge in [0.15, 0.2) is 88.7 Å². The number of allylic oxidation sites excluding steroid dienone is 2. The Balaban J connectivity index is 0.000000416. The Bertz CT molecular complexity index is 2370. The minimum atomic E-state index is -7.22. The number of nitrogens with zero attached hydrogens (tertiary/aromatic N) is 3. The van der Waals surface area contributed by atoms with Gasteiger partial charge in [0.1, 0.15) is 70.4 Å². The lowest BCUT2D eigenvalue weighted by Gasteiger charge is -2.44. The summed E-state index contributed by atoms with van der Waals surface area (Å²) in [5.41, 5.74) is -13.4. The third-order valence-corrected chi connectivity index (χ3v) is 9.26. The van der Waals surface area contributed by atoms with Crippen LogP contribution in [0.3, 0.4) is 0 Å². The quantitative estimate of drug-likeness (QED) is 0.0431. The molecular weight excluding hydrogens is 889 g/mol. The Hall–Kier alpha value is -6.59. The molecule has 5 rings (SSSR count). The van der Waals surface area contributed by atoms with Crippen molar-refractivity contribution in [1.82, 2.24) is 0 Å². The van der Waals surface area contributed by atoms with Crippen LogP contribution in [-0.4, -0.2) is 6.15 Å². The smallest absolute Gasteiger partial charge is 0.200 e. The summed E-state index contributed by atoms with van der Waals surface area (Å²) >= 11 is 0. The number of pyridine rings is 1. The fraction of sp³-hybridized carbons (Fsp3) is 0.132. The molecule has 62 heavy (non-hydrogen) atoms. The van der Waals surface area contributed by atoms with Crippen molar-refractivity contribution >= 4 is 28.0 Å². The standard InChI is InChI=1S/C24BF20.C14H16N3/c26-5-1(6(27)14(35)21(42)13(5)34)25(2-7(28)15(36)22(43)16(37)8(2)29,3-9(30)17(38)23(44)18(39)10(3)31)4-11(32)19(40)24(45)20(41)12(4)33;1-14(2,3)13(12(9-15)10-16)11-17-7-5-4-6-8-17/h;4-8H,11H2,1-3H3/q-1;+1. The summed E-state index contributed by atoms with van der Waals surface area (Å²) < 4.78 is 296. The lowest BCUT2D eigenvalue weighted by atomic mass is 9.12. The lowest BCUT2D eigenvalue weighted by molar-refractivity contribution is -0.690. The summed E-state index contributed by atoms with van der Waals surface area (Å²) in [7, 11) is 0. The second-order valence-corrected chi connectivity index (χ2v) is 13.7. The molecule has 0 fully saturated rings. The molecule has 0 unspecified atom stereocenters. The van der Waals surface area contributed by atoms with E-state index in [0.29, 0.717) is 6.54 Å². The zero-order valence-corrected chi connectivity index (χ0v) is 30.6. The molecule has 4 aromatic carbocycles. The van der Waals surface area contributed by atoms with Gasteiger partial charge in [-0.15, -0.1) is 21.9 Å². The van der Waals surface area contributed by atoms with E-state index >= 15 is 35.1 Å². The van der Waals surface area contributed by atoms with E-state index in [0.717, 1.165) is 5.57 Å². The molecule has 0 saturated heterocycles. The molecule has 0 amide bonds. The SMILES string of the molecule is CC(C)(C)C(C[n+]1ccccc1)=C(C#N)C#N.Fc1c(F)c(F)c([B-](c2c(F)c(F)c(F)c(F)c2F)(c2c(F)c(F)c(F)c(F)c2F)c2c(F)c(F)c(F)c(F)c2F)c(F)c1F. The van der Waals surface area contributed by atoms with Crippen LogP contribution < -0.4 is 26.4 Å². The number of hydrogen-bond acceptors (Lipinski definition) is 2. The maximum absolute atomic E-state index is 15.4. The Labute approximate surface area is 333 Å². The highest BCUT2D eigenvalue weighted by Crippen LogP contribution is 2.31. The van der Waals surface area contributed by atoms with Gasteiger partial charge in [-0.25, -0.2) is 92.4 Å². The minimum absolute atomic E-state index is 0.191. The lowest BCUT2D eigenvalue weighted by Crippen LogP contribution is -2.81. The van der Waals surface area contributed by atoms with E-state index in [4.69, 9.17) is 10.5 Å². The molecule has 0 spiro atoms. The van der Waals surface area contributed by atoms with Gasteiger partial charge >= 0.3 is 0 Å². The van der Waals surface area contributed by atoms with E-state index in [1.54, 1.807) is 0 Å². The highest BCUT2D eigenvalue weighted by molar-refractivity contribution is 7.20. The molecule has 0 aliphatic heterocycles. The van der Waals surface area contributed by atoms with Crippen LogP contribution in [0.4, 0.5) is 87.8 Å². The fourth-order valence-corrected chi connectivity index (χ4v) is 6.45. The molecule has 0 atom stereocenters. The number of halogens is 20. The minimum Gasteiger partial charge on any atom is -0.207 e. The van der Waals surface area contributed by atoms with Gasteiger partial charge in [-0.3, -0.25) is 0 Å². The molecule has 3 nitrogen and oxygen atoms in total. The zero-order chi connectivity index (χ0) is 47.2. The van der Waals surface area contributed by atoms with Gasteiger partial charge in [0.2, 0.25) is 0 Å². The van der Waals surface area contributed by atoms with Crippen molar-refractivity contribution in [3.05, 3.63) is 158 Å². The third-order valence-electron chi connectivity index (χ3n) is 9.26. The van der Waals surface area contributed by atoms with Crippen molar-refractivity contribution in [2.75, 3.05) is 0 Å². The van der Waals surface area contributed by atoms with Crippen molar-refractivity contribution in [2.24, 2.45) is 5.41 Å². The summed E-state index contributed by atoms with van der Waals surface area (Å²) in [6.07, 6.45) is -3.36. The molecule has 0 aliphatic rings. The highest BCUT2D eigenvalue weighted by atomic mass is 19.2. The average molecular weight is 905 g/mol. The van der Waals surface area contributed by atoms with Crippen LogP contribution in [-0.2, 0) is 6.54 Å². The molecule has 0 saturated carbocycles. The van der Waals surface area contributed by atoms with Gasteiger partial charge in [-0.1, -0.05) is 26.8 Å². The fourth-order valence-electron chi connectivity index (χ4n) is 6.45. The van der Waals surface area contributed by atoms with Crippen LogP contribution in [0.15, 0.2) is 41.7 Å².